The summed E-state index contributed by atoms with van der Waals surface area (Å²) in [5, 5.41) is 21.5. The Hall–Kier alpha value is -2.14. The third kappa shape index (κ3) is 2.04. The van der Waals surface area contributed by atoms with Gasteiger partial charge in [0.2, 0.25) is 0 Å². The minimum absolute atomic E-state index is 0.562. The van der Waals surface area contributed by atoms with Gasteiger partial charge in [-0.3, -0.25) is 0 Å². The predicted octanol–water partition coefficient (Wildman–Crippen LogP) is 3.40. The van der Waals surface area contributed by atoms with Crippen LogP contribution in [-0.4, -0.2) is 17.2 Å². The van der Waals surface area contributed by atoms with Crippen molar-refractivity contribution in [2.75, 3.05) is 0 Å². The first-order valence-corrected chi connectivity index (χ1v) is 7.93. The predicted molar refractivity (Wildman–Crippen MR) is 94.6 cm³/mol. The highest BCUT2D eigenvalue weighted by Crippen LogP contribution is 2.38. The zero-order valence-corrected chi connectivity index (χ0v) is 12.5. The Kier molecular flexibility index (Phi) is 3.23. The molecule has 0 amide bonds. The molecule has 3 aromatic carbocycles. The summed E-state index contributed by atoms with van der Waals surface area (Å²) in [5.41, 5.74) is 2.83. The van der Waals surface area contributed by atoms with Crippen molar-refractivity contribution in [3.8, 4) is 11.1 Å². The van der Waals surface area contributed by atoms with Crippen molar-refractivity contribution in [1.29, 1.82) is 0 Å². The van der Waals surface area contributed by atoms with E-state index >= 15 is 0 Å². The maximum absolute atomic E-state index is 9.72. The highest BCUT2D eigenvalue weighted by Gasteiger charge is 2.20. The first-order chi connectivity index (χ1) is 10.8. The first kappa shape index (κ1) is 13.5. The van der Waals surface area contributed by atoms with Crippen LogP contribution in [0.5, 0.6) is 0 Å². The van der Waals surface area contributed by atoms with Crippen molar-refractivity contribution >= 4 is 44.1 Å². The Labute approximate surface area is 132 Å². The van der Waals surface area contributed by atoms with Crippen molar-refractivity contribution < 1.29 is 10.0 Å². The minimum atomic E-state index is -1.47. The molecule has 4 rings (SSSR count). The maximum atomic E-state index is 9.72. The maximum Gasteiger partial charge on any atom is 0.489 e. The fourth-order valence-electron chi connectivity index (χ4n) is 2.91. The largest absolute Gasteiger partial charge is 0.489 e. The number of fused-ring (bicyclic) bond motifs is 3. The van der Waals surface area contributed by atoms with E-state index in [1.54, 1.807) is 11.3 Å². The van der Waals surface area contributed by atoms with Gasteiger partial charge in [0.25, 0.3) is 0 Å². The molecule has 0 saturated heterocycles. The molecule has 0 bridgehead atoms. The molecule has 0 aliphatic rings. The molecule has 2 N–H and O–H groups in total. The van der Waals surface area contributed by atoms with E-state index in [2.05, 4.69) is 18.2 Å². The number of hydrogen-bond acceptors (Lipinski definition) is 3. The molecule has 1 aromatic heterocycles. The molecule has 0 saturated carbocycles. The lowest BCUT2D eigenvalue weighted by atomic mass is 9.76. The molecular weight excluding hydrogens is 291 g/mol. The third-order valence-electron chi connectivity index (χ3n) is 3.92. The molecule has 0 radical (unpaired) electrons. The number of benzene rings is 3. The van der Waals surface area contributed by atoms with Crippen LogP contribution in [0.1, 0.15) is 0 Å². The summed E-state index contributed by atoms with van der Waals surface area (Å²) in [6.07, 6.45) is 0. The van der Waals surface area contributed by atoms with Crippen LogP contribution in [-0.2, 0) is 0 Å². The van der Waals surface area contributed by atoms with Gasteiger partial charge in [-0.2, -0.15) is 0 Å². The molecule has 0 aliphatic heterocycles. The van der Waals surface area contributed by atoms with Crippen molar-refractivity contribution in [3.05, 3.63) is 66.7 Å². The van der Waals surface area contributed by atoms with Gasteiger partial charge in [-0.25, -0.2) is 0 Å². The second kappa shape index (κ2) is 5.25. The van der Waals surface area contributed by atoms with E-state index in [9.17, 15) is 10.0 Å². The Morgan fingerprint density at radius 1 is 0.773 bits per heavy atom. The average Bonchev–Trinajstić information content (AvgIpc) is 2.94. The molecular formula is C18H13BO2S. The van der Waals surface area contributed by atoms with Crippen molar-refractivity contribution in [3.63, 3.8) is 0 Å². The third-order valence-corrected chi connectivity index (χ3v) is 5.13. The molecule has 22 heavy (non-hydrogen) atoms. The van der Waals surface area contributed by atoms with E-state index < -0.39 is 7.12 Å². The summed E-state index contributed by atoms with van der Waals surface area (Å²) in [7, 11) is -1.47. The molecule has 1 heterocycles. The van der Waals surface area contributed by atoms with Gasteiger partial charge in [-0.1, -0.05) is 60.7 Å². The van der Waals surface area contributed by atoms with Gasteiger partial charge >= 0.3 is 7.12 Å². The topological polar surface area (TPSA) is 40.5 Å². The van der Waals surface area contributed by atoms with Crippen LogP contribution in [0.3, 0.4) is 0 Å². The van der Waals surface area contributed by atoms with Crippen molar-refractivity contribution in [1.82, 2.24) is 0 Å². The van der Waals surface area contributed by atoms with Gasteiger partial charge in [0.15, 0.2) is 0 Å². The van der Waals surface area contributed by atoms with E-state index in [-0.39, 0.29) is 0 Å². The van der Waals surface area contributed by atoms with Crippen LogP contribution in [0.2, 0.25) is 0 Å². The summed E-state index contributed by atoms with van der Waals surface area (Å²) in [5.74, 6) is 0. The Morgan fingerprint density at radius 3 is 2.27 bits per heavy atom. The zero-order chi connectivity index (χ0) is 15.1. The molecule has 4 heteroatoms. The van der Waals surface area contributed by atoms with Crippen LogP contribution in [0.4, 0.5) is 0 Å². The van der Waals surface area contributed by atoms with E-state index in [0.717, 1.165) is 31.3 Å². The molecule has 0 fully saturated rings. The van der Waals surface area contributed by atoms with Gasteiger partial charge in [-0.05, 0) is 28.0 Å². The van der Waals surface area contributed by atoms with Crippen LogP contribution >= 0.6 is 11.3 Å². The van der Waals surface area contributed by atoms with E-state index in [4.69, 9.17) is 0 Å². The Morgan fingerprint density at radius 2 is 1.50 bits per heavy atom. The standard InChI is InChI=1S/C18H13BO2S/c20-19(21)15-11-10-13(12-6-2-1-3-7-12)18-17(15)14-8-4-5-9-16(14)22-18/h1-11,20-21H. The molecule has 0 atom stereocenters. The highest BCUT2D eigenvalue weighted by molar-refractivity contribution is 7.26. The lowest BCUT2D eigenvalue weighted by molar-refractivity contribution is 0.426. The average molecular weight is 304 g/mol. The number of hydrogen-bond donors (Lipinski definition) is 2. The number of thiophene rings is 1. The molecule has 0 unspecified atom stereocenters. The fraction of sp³-hybridized carbons (Fsp3) is 0. The normalized spacial score (nSPS) is 11.2. The van der Waals surface area contributed by atoms with Crippen LogP contribution < -0.4 is 5.46 Å². The minimum Gasteiger partial charge on any atom is -0.423 e. The highest BCUT2D eigenvalue weighted by atomic mass is 32.1. The Bertz CT molecular complexity index is 961. The summed E-state index contributed by atoms with van der Waals surface area (Å²) in [6, 6.07) is 22.1. The lowest BCUT2D eigenvalue weighted by Crippen LogP contribution is -2.30. The lowest BCUT2D eigenvalue weighted by Gasteiger charge is -2.08. The summed E-state index contributed by atoms with van der Waals surface area (Å²) in [6.45, 7) is 0. The van der Waals surface area contributed by atoms with Gasteiger partial charge in [0, 0.05) is 14.8 Å². The summed E-state index contributed by atoms with van der Waals surface area (Å²) >= 11 is 1.69. The van der Waals surface area contributed by atoms with E-state index in [0.29, 0.717) is 5.46 Å². The zero-order valence-electron chi connectivity index (χ0n) is 11.7. The molecule has 0 spiro atoms. The smallest absolute Gasteiger partial charge is 0.423 e. The van der Waals surface area contributed by atoms with Crippen LogP contribution in [0.25, 0.3) is 31.3 Å². The van der Waals surface area contributed by atoms with E-state index in [1.807, 2.05) is 48.5 Å². The number of rotatable bonds is 2. The Balaban J connectivity index is 2.15. The quantitative estimate of drug-likeness (QED) is 0.557. The van der Waals surface area contributed by atoms with Gasteiger partial charge in [0.05, 0.1) is 0 Å². The van der Waals surface area contributed by atoms with Crippen molar-refractivity contribution in [2.24, 2.45) is 0 Å². The second-order valence-corrected chi connectivity index (χ2v) is 6.30. The summed E-state index contributed by atoms with van der Waals surface area (Å²) in [4.78, 5) is 0. The van der Waals surface area contributed by atoms with E-state index in [1.165, 1.54) is 0 Å². The fourth-order valence-corrected chi connectivity index (χ4v) is 4.19. The van der Waals surface area contributed by atoms with Crippen LogP contribution in [0.15, 0.2) is 66.7 Å². The monoisotopic (exact) mass is 304 g/mol. The molecule has 4 aromatic rings. The second-order valence-electron chi connectivity index (χ2n) is 5.24. The first-order valence-electron chi connectivity index (χ1n) is 7.11. The van der Waals surface area contributed by atoms with Gasteiger partial charge in [-0.15, -0.1) is 11.3 Å². The molecule has 106 valence electrons. The summed E-state index contributed by atoms with van der Waals surface area (Å²) < 4.78 is 2.25. The van der Waals surface area contributed by atoms with Gasteiger partial charge < -0.3 is 10.0 Å². The van der Waals surface area contributed by atoms with Gasteiger partial charge in [0.1, 0.15) is 0 Å². The molecule has 2 nitrogen and oxygen atoms in total. The van der Waals surface area contributed by atoms with Crippen LogP contribution in [0, 0.1) is 0 Å². The molecule has 0 aliphatic carbocycles. The van der Waals surface area contributed by atoms with Crippen molar-refractivity contribution in [2.45, 2.75) is 0 Å². The SMILES string of the molecule is OB(O)c1ccc(-c2ccccc2)c2sc3ccccc3c12.